The number of hydrogen-bond acceptors (Lipinski definition) is 3. The number of ether oxygens (including phenoxy) is 1. The molecule has 0 saturated heterocycles. The summed E-state index contributed by atoms with van der Waals surface area (Å²) in [5.41, 5.74) is -0.525. The van der Waals surface area contributed by atoms with Gasteiger partial charge in [0.1, 0.15) is 11.4 Å². The van der Waals surface area contributed by atoms with Crippen LogP contribution in [-0.4, -0.2) is 24.3 Å². The quantitative estimate of drug-likeness (QED) is 0.609. The van der Waals surface area contributed by atoms with E-state index in [0.717, 1.165) is 44.3 Å². The van der Waals surface area contributed by atoms with Crippen LogP contribution in [0, 0.1) is 0 Å². The van der Waals surface area contributed by atoms with E-state index in [9.17, 15) is 8.42 Å². The molecule has 1 aromatic carbocycles. The summed E-state index contributed by atoms with van der Waals surface area (Å²) in [6, 6.07) is 9.51. The molecule has 0 unspecified atom stereocenters. The van der Waals surface area contributed by atoms with Crippen molar-refractivity contribution in [2.75, 3.05) is 5.75 Å². The Morgan fingerprint density at radius 3 is 2.00 bits per heavy atom. The van der Waals surface area contributed by atoms with Gasteiger partial charge in [-0.1, -0.05) is 44.9 Å². The van der Waals surface area contributed by atoms with Crippen molar-refractivity contribution in [1.29, 1.82) is 0 Å². The lowest BCUT2D eigenvalue weighted by atomic mass is 9.88. The summed E-state index contributed by atoms with van der Waals surface area (Å²) < 4.78 is 37.7. The molecule has 0 atom stereocenters. The topological polar surface area (TPSA) is 63.6 Å². The van der Waals surface area contributed by atoms with Gasteiger partial charge in [-0.25, -0.2) is 0 Å². The Labute approximate surface area is 134 Å². The molecule has 126 valence electrons. The van der Waals surface area contributed by atoms with Crippen molar-refractivity contribution in [3.05, 3.63) is 30.3 Å². The van der Waals surface area contributed by atoms with Crippen LogP contribution < -0.4 is 4.74 Å². The molecule has 5 heteroatoms. The minimum Gasteiger partial charge on any atom is -0.487 e. The Bertz CT molecular complexity index is 503. The number of unbranched alkanes of at least 4 members (excludes halogenated alkanes) is 2. The minimum atomic E-state index is -3.98. The van der Waals surface area contributed by atoms with Crippen molar-refractivity contribution in [2.45, 2.75) is 64.4 Å². The molecule has 0 saturated carbocycles. The fourth-order valence-corrected chi connectivity index (χ4v) is 3.21. The number of benzene rings is 1. The van der Waals surface area contributed by atoms with Crippen molar-refractivity contribution in [1.82, 2.24) is 0 Å². The third kappa shape index (κ3) is 7.27. The molecule has 0 aliphatic heterocycles. The first kappa shape index (κ1) is 19.0. The zero-order chi connectivity index (χ0) is 16.5. The minimum absolute atomic E-state index is 0.257. The Kier molecular flexibility index (Phi) is 7.90. The highest BCUT2D eigenvalue weighted by Gasteiger charge is 2.32. The van der Waals surface area contributed by atoms with Crippen LogP contribution in [0.1, 0.15) is 58.8 Å². The first-order valence-corrected chi connectivity index (χ1v) is 9.71. The van der Waals surface area contributed by atoms with Crippen molar-refractivity contribution in [3.8, 4) is 5.75 Å². The molecule has 1 aromatic rings. The Balaban J connectivity index is 2.95. The molecule has 0 aliphatic carbocycles. The number of hydrogen-bond donors (Lipinski definition) is 1. The largest absolute Gasteiger partial charge is 0.487 e. The fourth-order valence-electron chi connectivity index (χ4n) is 2.58. The van der Waals surface area contributed by atoms with Gasteiger partial charge >= 0.3 is 0 Å². The van der Waals surface area contributed by atoms with Crippen LogP contribution in [0.15, 0.2) is 30.3 Å². The predicted octanol–water partition coefficient (Wildman–Crippen LogP) is 4.46. The number of para-hydroxylation sites is 1. The van der Waals surface area contributed by atoms with E-state index < -0.39 is 15.7 Å². The monoisotopic (exact) mass is 328 g/mol. The first-order chi connectivity index (χ1) is 10.4. The summed E-state index contributed by atoms with van der Waals surface area (Å²) in [4.78, 5) is 0. The summed E-state index contributed by atoms with van der Waals surface area (Å²) in [5, 5.41) is 0. The molecule has 4 nitrogen and oxygen atoms in total. The predicted molar refractivity (Wildman–Crippen MR) is 89.9 cm³/mol. The Morgan fingerprint density at radius 2 is 1.55 bits per heavy atom. The van der Waals surface area contributed by atoms with Gasteiger partial charge in [0.25, 0.3) is 10.1 Å². The molecular weight excluding hydrogens is 300 g/mol. The van der Waals surface area contributed by atoms with E-state index in [1.165, 1.54) is 0 Å². The van der Waals surface area contributed by atoms with Gasteiger partial charge in [-0.15, -0.1) is 0 Å². The highest BCUT2D eigenvalue weighted by molar-refractivity contribution is 7.85. The molecule has 0 radical (unpaired) electrons. The molecule has 0 aromatic heterocycles. The fraction of sp³-hybridized carbons (Fsp3) is 0.647. The molecule has 0 heterocycles. The average molecular weight is 328 g/mol. The maximum Gasteiger partial charge on any atom is 0.265 e. The highest BCUT2D eigenvalue weighted by Crippen LogP contribution is 2.32. The van der Waals surface area contributed by atoms with E-state index in [4.69, 9.17) is 9.29 Å². The maximum atomic E-state index is 11.2. The van der Waals surface area contributed by atoms with E-state index in [0.29, 0.717) is 6.42 Å². The lowest BCUT2D eigenvalue weighted by molar-refractivity contribution is 0.0420. The highest BCUT2D eigenvalue weighted by atomic mass is 32.2. The van der Waals surface area contributed by atoms with E-state index in [2.05, 4.69) is 13.8 Å². The maximum absolute atomic E-state index is 11.2. The van der Waals surface area contributed by atoms with Gasteiger partial charge < -0.3 is 4.74 Å². The van der Waals surface area contributed by atoms with Crippen molar-refractivity contribution >= 4 is 10.1 Å². The Hall–Kier alpha value is -1.07. The summed E-state index contributed by atoms with van der Waals surface area (Å²) in [5.74, 6) is 0.498. The molecule has 1 rings (SSSR count). The van der Waals surface area contributed by atoms with Gasteiger partial charge in [0.05, 0.1) is 5.75 Å². The normalized spacial score (nSPS) is 12.3. The molecule has 0 amide bonds. The number of rotatable bonds is 11. The first-order valence-electron chi connectivity index (χ1n) is 8.10. The molecule has 22 heavy (non-hydrogen) atoms. The van der Waals surface area contributed by atoms with Gasteiger partial charge in [0, 0.05) is 6.42 Å². The van der Waals surface area contributed by atoms with Crippen molar-refractivity contribution in [2.24, 2.45) is 0 Å². The second-order valence-electron chi connectivity index (χ2n) is 5.84. The Morgan fingerprint density at radius 1 is 1.00 bits per heavy atom. The second kappa shape index (κ2) is 9.16. The molecule has 1 N–H and O–H groups in total. The molecule has 0 fully saturated rings. The van der Waals surface area contributed by atoms with Crippen LogP contribution in [0.5, 0.6) is 5.75 Å². The van der Waals surface area contributed by atoms with E-state index in [1.54, 1.807) is 0 Å². The van der Waals surface area contributed by atoms with Crippen LogP contribution in [0.25, 0.3) is 0 Å². The zero-order valence-electron chi connectivity index (χ0n) is 13.6. The van der Waals surface area contributed by atoms with Crippen molar-refractivity contribution < 1.29 is 17.7 Å². The third-order valence-electron chi connectivity index (χ3n) is 3.87. The summed E-state index contributed by atoms with van der Waals surface area (Å²) >= 11 is 0. The van der Waals surface area contributed by atoms with Gasteiger partial charge in [-0.3, -0.25) is 4.55 Å². The van der Waals surface area contributed by atoms with E-state index in [-0.39, 0.29) is 5.75 Å². The van der Waals surface area contributed by atoms with Gasteiger partial charge in [-0.2, -0.15) is 8.42 Å². The standard InChI is InChI=1S/C17H28O4S/c1-3-5-12-17(13-6-4-2,14-15-22(18,19)20)21-16-10-8-7-9-11-16/h7-11H,3-6,12-15H2,1-2H3,(H,18,19,20). The van der Waals surface area contributed by atoms with Crippen molar-refractivity contribution in [3.63, 3.8) is 0 Å². The average Bonchev–Trinajstić information content (AvgIpc) is 2.49. The summed E-state index contributed by atoms with van der Waals surface area (Å²) in [7, 11) is -3.98. The van der Waals surface area contributed by atoms with Crippen LogP contribution in [0.2, 0.25) is 0 Å². The molecular formula is C17H28O4S. The molecule has 0 bridgehead atoms. The second-order valence-corrected chi connectivity index (χ2v) is 7.41. The van der Waals surface area contributed by atoms with Crippen LogP contribution in [0.4, 0.5) is 0 Å². The summed E-state index contributed by atoms with van der Waals surface area (Å²) in [6.07, 6.45) is 5.92. The van der Waals surface area contributed by atoms with E-state index >= 15 is 0 Å². The van der Waals surface area contributed by atoms with Crippen LogP contribution in [-0.2, 0) is 10.1 Å². The molecule has 0 spiro atoms. The van der Waals surface area contributed by atoms with E-state index in [1.807, 2.05) is 30.3 Å². The van der Waals surface area contributed by atoms with Gasteiger partial charge in [0.2, 0.25) is 0 Å². The zero-order valence-corrected chi connectivity index (χ0v) is 14.4. The summed E-state index contributed by atoms with van der Waals surface area (Å²) in [6.45, 7) is 4.21. The lowest BCUT2D eigenvalue weighted by Crippen LogP contribution is -2.38. The van der Waals surface area contributed by atoms with Crippen LogP contribution in [0.3, 0.4) is 0 Å². The third-order valence-corrected chi connectivity index (χ3v) is 4.59. The molecule has 0 aliphatic rings. The smallest absolute Gasteiger partial charge is 0.265 e. The SMILES string of the molecule is CCCCC(CCCC)(CCS(=O)(=O)O)Oc1ccccc1. The van der Waals surface area contributed by atoms with Gasteiger partial charge in [-0.05, 0) is 37.8 Å². The lowest BCUT2D eigenvalue weighted by Gasteiger charge is -2.35. The van der Waals surface area contributed by atoms with Crippen LogP contribution >= 0.6 is 0 Å². The van der Waals surface area contributed by atoms with Gasteiger partial charge in [0.15, 0.2) is 0 Å².